The van der Waals surface area contributed by atoms with Crippen molar-refractivity contribution in [2.24, 2.45) is 4.99 Å². The predicted molar refractivity (Wildman–Crippen MR) is 123 cm³/mol. The van der Waals surface area contributed by atoms with Crippen molar-refractivity contribution in [2.75, 3.05) is 13.2 Å². The molecule has 0 unspecified atom stereocenters. The molecule has 0 saturated carbocycles. The van der Waals surface area contributed by atoms with Crippen molar-refractivity contribution < 1.29 is 19.1 Å². The van der Waals surface area contributed by atoms with Crippen molar-refractivity contribution in [3.63, 3.8) is 0 Å². The molecule has 0 bridgehead atoms. The second-order valence-electron chi connectivity index (χ2n) is 5.98. The molecule has 9 heteroatoms. The van der Waals surface area contributed by atoms with E-state index in [1.165, 1.54) is 0 Å². The van der Waals surface area contributed by atoms with Crippen LogP contribution in [-0.4, -0.2) is 30.2 Å². The lowest BCUT2D eigenvalue weighted by Gasteiger charge is -2.12. The van der Waals surface area contributed by atoms with Gasteiger partial charge in [-0.3, -0.25) is 9.59 Å². The van der Waals surface area contributed by atoms with Crippen molar-refractivity contribution in [1.29, 1.82) is 0 Å². The zero-order chi connectivity index (χ0) is 21.7. The average molecular weight is 510 g/mol. The highest BCUT2D eigenvalue weighted by Crippen LogP contribution is 2.36. The first kappa shape index (κ1) is 22.4. The second-order valence-corrected chi connectivity index (χ2v) is 8.30. The first-order valence-corrected chi connectivity index (χ1v) is 11.1. The Kier molecular flexibility index (Phi) is 7.58. The van der Waals surface area contributed by atoms with Crippen LogP contribution in [0.4, 0.5) is 0 Å². The highest BCUT2D eigenvalue weighted by atomic mass is 79.9. The molecule has 1 heterocycles. The van der Waals surface area contributed by atoms with Gasteiger partial charge in [-0.15, -0.1) is 0 Å². The Labute approximate surface area is 191 Å². The summed E-state index contributed by atoms with van der Waals surface area (Å²) < 4.78 is 12.0. The maximum Gasteiger partial charge on any atom is 0.279 e. The number of hydrogen-bond acceptors (Lipinski definition) is 5. The molecule has 1 aliphatic heterocycles. The highest BCUT2D eigenvalue weighted by Gasteiger charge is 2.25. The number of ether oxygens (including phenoxy) is 2. The Morgan fingerprint density at radius 3 is 2.50 bits per heavy atom. The van der Waals surface area contributed by atoms with Crippen molar-refractivity contribution >= 4 is 62.4 Å². The largest absolute Gasteiger partial charge is 0.493 e. The van der Waals surface area contributed by atoms with E-state index in [0.29, 0.717) is 45.8 Å². The molecule has 1 saturated heterocycles. The van der Waals surface area contributed by atoms with E-state index in [0.717, 1.165) is 16.2 Å². The molecule has 0 spiro atoms. The van der Waals surface area contributed by atoms with E-state index in [4.69, 9.17) is 21.1 Å². The normalized spacial score (nSPS) is 16.1. The number of nitrogens with one attached hydrogen (secondary N) is 1. The number of thioether (sulfide) groups is 1. The van der Waals surface area contributed by atoms with E-state index >= 15 is 0 Å². The first-order valence-electron chi connectivity index (χ1n) is 9.09. The van der Waals surface area contributed by atoms with Gasteiger partial charge in [-0.05, 0) is 77.9 Å². The first-order chi connectivity index (χ1) is 14.4. The Hall–Kier alpha value is -2.29. The number of rotatable bonds is 6. The van der Waals surface area contributed by atoms with E-state index in [-0.39, 0.29) is 11.1 Å². The minimum Gasteiger partial charge on any atom is -0.493 e. The number of amidine groups is 1. The molecule has 6 nitrogen and oxygen atoms in total. The Morgan fingerprint density at radius 2 is 1.83 bits per heavy atom. The maximum absolute atomic E-state index is 12.4. The Morgan fingerprint density at radius 1 is 1.17 bits per heavy atom. The van der Waals surface area contributed by atoms with Crippen molar-refractivity contribution in [3.8, 4) is 11.5 Å². The van der Waals surface area contributed by atoms with E-state index in [1.54, 1.807) is 36.4 Å². The average Bonchev–Trinajstić information content (AvgIpc) is 3.04. The minimum atomic E-state index is -0.463. The number of benzene rings is 2. The summed E-state index contributed by atoms with van der Waals surface area (Å²) in [5.41, 5.74) is 1.09. The van der Waals surface area contributed by atoms with E-state index in [2.05, 4.69) is 26.2 Å². The van der Waals surface area contributed by atoms with Gasteiger partial charge in [0, 0.05) is 22.2 Å². The van der Waals surface area contributed by atoms with Crippen LogP contribution in [0.25, 0.3) is 6.08 Å². The molecule has 3 rings (SSSR count). The minimum absolute atomic E-state index is 0.217. The summed E-state index contributed by atoms with van der Waals surface area (Å²) in [5.74, 6) is 0.444. The fourth-order valence-corrected chi connectivity index (χ4v) is 3.99. The van der Waals surface area contributed by atoms with Gasteiger partial charge in [-0.1, -0.05) is 11.6 Å². The van der Waals surface area contributed by atoms with Crippen LogP contribution in [0.2, 0.25) is 5.02 Å². The molecule has 30 heavy (non-hydrogen) atoms. The third-order valence-corrected chi connectivity index (χ3v) is 5.68. The molecule has 1 N–H and O–H groups in total. The fourth-order valence-electron chi connectivity index (χ4n) is 2.58. The summed E-state index contributed by atoms with van der Waals surface area (Å²) in [6.45, 7) is 4.76. The summed E-state index contributed by atoms with van der Waals surface area (Å²) in [4.78, 5) is 29.1. The van der Waals surface area contributed by atoms with Gasteiger partial charge in [-0.2, -0.15) is 4.99 Å². The molecular formula is C21H18BrClN2O4S. The van der Waals surface area contributed by atoms with Crippen LogP contribution in [-0.2, 0) is 4.79 Å². The summed E-state index contributed by atoms with van der Waals surface area (Å²) in [7, 11) is 0. The molecule has 0 radical (unpaired) electrons. The van der Waals surface area contributed by atoms with Crippen LogP contribution in [0.1, 0.15) is 29.8 Å². The monoisotopic (exact) mass is 508 g/mol. The molecule has 0 aromatic heterocycles. The van der Waals surface area contributed by atoms with Crippen LogP contribution in [0, 0.1) is 0 Å². The van der Waals surface area contributed by atoms with Gasteiger partial charge in [-0.25, -0.2) is 0 Å². The molecule has 0 atom stereocenters. The number of aliphatic imine (C=N–C) groups is 1. The molecule has 2 aromatic rings. The summed E-state index contributed by atoms with van der Waals surface area (Å²) in [5, 5.41) is 3.36. The van der Waals surface area contributed by atoms with E-state index in [1.807, 2.05) is 19.9 Å². The number of nitrogens with zero attached hydrogens (tertiary/aromatic N) is 1. The number of amides is 2. The van der Waals surface area contributed by atoms with Gasteiger partial charge in [0.15, 0.2) is 5.17 Å². The SMILES string of the molecule is CCOc1cc(OCC)c(/C=C2\SC(=NC(=O)c3ccc(Cl)cc3)NC2=O)cc1Br. The molecule has 156 valence electrons. The van der Waals surface area contributed by atoms with Crippen molar-refractivity contribution in [1.82, 2.24) is 5.32 Å². The molecule has 2 aromatic carbocycles. The van der Waals surface area contributed by atoms with Crippen LogP contribution < -0.4 is 14.8 Å². The number of carbonyl (C=O) groups is 2. The highest BCUT2D eigenvalue weighted by molar-refractivity contribution is 9.10. The van der Waals surface area contributed by atoms with E-state index < -0.39 is 5.91 Å². The molecule has 1 fully saturated rings. The lowest BCUT2D eigenvalue weighted by Crippen LogP contribution is -2.20. The number of halogens is 2. The standard InChI is InChI=1S/C21H18BrClN2O4S/c1-3-28-16-11-17(29-4-2)15(22)9-13(16)10-18-20(27)25-21(30-18)24-19(26)12-5-7-14(23)8-6-12/h5-11H,3-4H2,1-2H3,(H,24,25,26,27)/b18-10-. The summed E-state index contributed by atoms with van der Waals surface area (Å²) in [6.07, 6.45) is 1.70. The zero-order valence-electron chi connectivity index (χ0n) is 16.2. The van der Waals surface area contributed by atoms with Crippen molar-refractivity contribution in [2.45, 2.75) is 13.8 Å². The Bertz CT molecular complexity index is 1040. The van der Waals surface area contributed by atoms with Gasteiger partial charge in [0.2, 0.25) is 0 Å². The van der Waals surface area contributed by atoms with Crippen LogP contribution in [0.15, 0.2) is 50.8 Å². The molecule has 2 amide bonds. The van der Waals surface area contributed by atoms with Crippen LogP contribution >= 0.6 is 39.3 Å². The maximum atomic E-state index is 12.4. The topological polar surface area (TPSA) is 77.0 Å². The lowest BCUT2D eigenvalue weighted by atomic mass is 10.1. The van der Waals surface area contributed by atoms with Gasteiger partial charge in [0.05, 0.1) is 22.6 Å². The molecule has 1 aliphatic rings. The molecule has 0 aliphatic carbocycles. The van der Waals surface area contributed by atoms with Gasteiger partial charge >= 0.3 is 0 Å². The van der Waals surface area contributed by atoms with Gasteiger partial charge < -0.3 is 14.8 Å². The van der Waals surface area contributed by atoms with Crippen LogP contribution in [0.3, 0.4) is 0 Å². The zero-order valence-corrected chi connectivity index (χ0v) is 19.4. The lowest BCUT2D eigenvalue weighted by molar-refractivity contribution is -0.115. The van der Waals surface area contributed by atoms with E-state index in [9.17, 15) is 9.59 Å². The number of carbonyl (C=O) groups excluding carboxylic acids is 2. The molecular weight excluding hydrogens is 492 g/mol. The van der Waals surface area contributed by atoms with Gasteiger partial charge in [0.25, 0.3) is 11.8 Å². The predicted octanol–water partition coefficient (Wildman–Crippen LogP) is 5.30. The quantitative estimate of drug-likeness (QED) is 0.535. The third kappa shape index (κ3) is 5.44. The fraction of sp³-hybridized carbons (Fsp3) is 0.190. The van der Waals surface area contributed by atoms with Crippen LogP contribution in [0.5, 0.6) is 11.5 Å². The Balaban J connectivity index is 1.86. The number of hydrogen-bond donors (Lipinski definition) is 1. The van der Waals surface area contributed by atoms with Gasteiger partial charge in [0.1, 0.15) is 11.5 Å². The smallest absolute Gasteiger partial charge is 0.279 e. The second kappa shape index (κ2) is 10.1. The third-order valence-electron chi connectivity index (χ3n) is 3.90. The summed E-state index contributed by atoms with van der Waals surface area (Å²) in [6, 6.07) is 9.99. The summed E-state index contributed by atoms with van der Waals surface area (Å²) >= 11 is 10.4. The van der Waals surface area contributed by atoms with Crippen molar-refractivity contribution in [3.05, 3.63) is 61.9 Å².